The summed E-state index contributed by atoms with van der Waals surface area (Å²) < 4.78 is 18.4. The minimum atomic E-state index is -0.372. The van der Waals surface area contributed by atoms with Crippen LogP contribution in [0.3, 0.4) is 0 Å². The molecule has 0 bridgehead atoms. The lowest BCUT2D eigenvalue weighted by Crippen LogP contribution is -2.34. The molecule has 1 heterocycles. The van der Waals surface area contributed by atoms with Gasteiger partial charge >= 0.3 is 0 Å². The molecule has 1 aliphatic rings. The normalized spacial score (nSPS) is 24.9. The SMILES string of the molecule is CC1OCCC1NCc1ccc(F)c(Cl)c1. The van der Waals surface area contributed by atoms with Crippen molar-refractivity contribution in [1.82, 2.24) is 5.32 Å². The van der Waals surface area contributed by atoms with Gasteiger partial charge in [0.1, 0.15) is 5.82 Å². The molecule has 2 nitrogen and oxygen atoms in total. The zero-order valence-corrected chi connectivity index (χ0v) is 9.93. The number of hydrogen-bond acceptors (Lipinski definition) is 2. The summed E-state index contributed by atoms with van der Waals surface area (Å²) in [6.07, 6.45) is 1.27. The molecule has 0 spiro atoms. The maximum absolute atomic E-state index is 12.9. The van der Waals surface area contributed by atoms with Crippen molar-refractivity contribution in [1.29, 1.82) is 0 Å². The number of benzene rings is 1. The highest BCUT2D eigenvalue weighted by atomic mass is 35.5. The Hall–Kier alpha value is -0.640. The van der Waals surface area contributed by atoms with Gasteiger partial charge in [-0.15, -0.1) is 0 Å². The second kappa shape index (κ2) is 5.13. The molecule has 0 radical (unpaired) electrons. The zero-order chi connectivity index (χ0) is 11.5. The van der Waals surface area contributed by atoms with Gasteiger partial charge in [-0.2, -0.15) is 0 Å². The third kappa shape index (κ3) is 2.73. The number of nitrogens with one attached hydrogen (secondary N) is 1. The van der Waals surface area contributed by atoms with E-state index >= 15 is 0 Å². The van der Waals surface area contributed by atoms with Crippen LogP contribution >= 0.6 is 11.6 Å². The number of ether oxygens (including phenoxy) is 1. The number of hydrogen-bond donors (Lipinski definition) is 1. The van der Waals surface area contributed by atoms with Crippen LogP contribution in [0.4, 0.5) is 4.39 Å². The van der Waals surface area contributed by atoms with Crippen LogP contribution in [0, 0.1) is 5.82 Å². The summed E-state index contributed by atoms with van der Waals surface area (Å²) in [5.41, 5.74) is 0.991. The largest absolute Gasteiger partial charge is 0.377 e. The van der Waals surface area contributed by atoms with Crippen LogP contribution in [0.15, 0.2) is 18.2 Å². The molecule has 0 aromatic heterocycles. The van der Waals surface area contributed by atoms with Crippen LogP contribution in [0.5, 0.6) is 0 Å². The molecule has 0 saturated carbocycles. The van der Waals surface area contributed by atoms with Crippen LogP contribution in [0.2, 0.25) is 5.02 Å². The first kappa shape index (κ1) is 11.8. The summed E-state index contributed by atoms with van der Waals surface area (Å²) in [5, 5.41) is 3.56. The van der Waals surface area contributed by atoms with Crippen molar-refractivity contribution in [2.75, 3.05) is 6.61 Å². The molecule has 0 aliphatic carbocycles. The van der Waals surface area contributed by atoms with Gasteiger partial charge in [0, 0.05) is 19.2 Å². The molecule has 2 atom stereocenters. The van der Waals surface area contributed by atoms with E-state index in [1.54, 1.807) is 12.1 Å². The Labute approximate surface area is 99.7 Å². The molecule has 2 rings (SSSR count). The Kier molecular flexibility index (Phi) is 3.79. The number of rotatable bonds is 3. The van der Waals surface area contributed by atoms with Crippen LogP contribution in [-0.4, -0.2) is 18.8 Å². The first-order chi connectivity index (χ1) is 7.66. The van der Waals surface area contributed by atoms with Crippen molar-refractivity contribution < 1.29 is 9.13 Å². The average molecular weight is 244 g/mol. The van der Waals surface area contributed by atoms with Crippen LogP contribution in [-0.2, 0) is 11.3 Å². The lowest BCUT2D eigenvalue weighted by molar-refractivity contribution is 0.113. The fraction of sp³-hybridized carbons (Fsp3) is 0.500. The Balaban J connectivity index is 1.91. The molecule has 1 saturated heterocycles. The van der Waals surface area contributed by atoms with Gasteiger partial charge in [-0.1, -0.05) is 17.7 Å². The number of halogens is 2. The van der Waals surface area contributed by atoms with E-state index in [0.717, 1.165) is 18.6 Å². The van der Waals surface area contributed by atoms with Crippen molar-refractivity contribution in [2.45, 2.75) is 32.0 Å². The standard InChI is InChI=1S/C12H15ClFNO/c1-8-12(4-5-16-8)15-7-9-2-3-11(14)10(13)6-9/h2-3,6,8,12,15H,4-5,7H2,1H3. The van der Waals surface area contributed by atoms with E-state index in [4.69, 9.17) is 16.3 Å². The molecule has 1 aromatic carbocycles. The predicted octanol–water partition coefficient (Wildman–Crippen LogP) is 2.75. The van der Waals surface area contributed by atoms with Gasteiger partial charge in [0.2, 0.25) is 0 Å². The summed E-state index contributed by atoms with van der Waals surface area (Å²) >= 11 is 5.71. The minimum Gasteiger partial charge on any atom is -0.377 e. The summed E-state index contributed by atoms with van der Waals surface area (Å²) in [4.78, 5) is 0. The van der Waals surface area contributed by atoms with Crippen LogP contribution in [0.25, 0.3) is 0 Å². The molecule has 2 unspecified atom stereocenters. The quantitative estimate of drug-likeness (QED) is 0.882. The molecular weight excluding hydrogens is 229 g/mol. The highest BCUT2D eigenvalue weighted by Gasteiger charge is 2.23. The van der Waals surface area contributed by atoms with Crippen LogP contribution < -0.4 is 5.32 Å². The topological polar surface area (TPSA) is 21.3 Å². The van der Waals surface area contributed by atoms with E-state index in [2.05, 4.69) is 12.2 Å². The highest BCUT2D eigenvalue weighted by Crippen LogP contribution is 2.17. The third-order valence-corrected chi connectivity index (χ3v) is 3.22. The second-order valence-electron chi connectivity index (χ2n) is 4.10. The van der Waals surface area contributed by atoms with E-state index in [1.807, 2.05) is 0 Å². The third-order valence-electron chi connectivity index (χ3n) is 2.93. The molecule has 1 fully saturated rings. The monoisotopic (exact) mass is 243 g/mol. The first-order valence-electron chi connectivity index (χ1n) is 5.46. The fourth-order valence-electron chi connectivity index (χ4n) is 1.90. The summed E-state index contributed by atoms with van der Waals surface area (Å²) in [7, 11) is 0. The lowest BCUT2D eigenvalue weighted by atomic mass is 10.1. The lowest BCUT2D eigenvalue weighted by Gasteiger charge is -2.16. The Morgan fingerprint density at radius 1 is 1.56 bits per heavy atom. The van der Waals surface area contributed by atoms with E-state index in [1.165, 1.54) is 6.07 Å². The van der Waals surface area contributed by atoms with Gasteiger partial charge in [0.15, 0.2) is 0 Å². The Morgan fingerprint density at radius 3 is 3.00 bits per heavy atom. The fourth-order valence-corrected chi connectivity index (χ4v) is 2.10. The maximum atomic E-state index is 12.9. The van der Waals surface area contributed by atoms with E-state index in [0.29, 0.717) is 12.6 Å². The zero-order valence-electron chi connectivity index (χ0n) is 9.17. The molecule has 4 heteroatoms. The average Bonchev–Trinajstić information content (AvgIpc) is 2.66. The van der Waals surface area contributed by atoms with Crippen molar-refractivity contribution in [2.24, 2.45) is 0 Å². The minimum absolute atomic E-state index is 0.176. The predicted molar refractivity (Wildman–Crippen MR) is 62.1 cm³/mol. The van der Waals surface area contributed by atoms with Gasteiger partial charge in [-0.05, 0) is 31.0 Å². The summed E-state index contributed by atoms with van der Waals surface area (Å²) in [6, 6.07) is 5.18. The molecule has 16 heavy (non-hydrogen) atoms. The van der Waals surface area contributed by atoms with Gasteiger partial charge in [-0.25, -0.2) is 4.39 Å². The van der Waals surface area contributed by atoms with Crippen molar-refractivity contribution >= 4 is 11.6 Å². The van der Waals surface area contributed by atoms with E-state index < -0.39 is 0 Å². The van der Waals surface area contributed by atoms with Gasteiger partial charge < -0.3 is 10.1 Å². The molecule has 88 valence electrons. The smallest absolute Gasteiger partial charge is 0.141 e. The Bertz CT molecular complexity index is 372. The Morgan fingerprint density at radius 2 is 2.38 bits per heavy atom. The first-order valence-corrected chi connectivity index (χ1v) is 5.83. The molecule has 0 amide bonds. The van der Waals surface area contributed by atoms with Crippen molar-refractivity contribution in [3.05, 3.63) is 34.6 Å². The summed E-state index contributed by atoms with van der Waals surface area (Å²) in [5.74, 6) is -0.372. The van der Waals surface area contributed by atoms with Gasteiger partial charge in [-0.3, -0.25) is 0 Å². The van der Waals surface area contributed by atoms with Crippen molar-refractivity contribution in [3.8, 4) is 0 Å². The van der Waals surface area contributed by atoms with Crippen molar-refractivity contribution in [3.63, 3.8) is 0 Å². The molecule has 1 N–H and O–H groups in total. The second-order valence-corrected chi connectivity index (χ2v) is 4.51. The molecule has 1 aromatic rings. The maximum Gasteiger partial charge on any atom is 0.141 e. The van der Waals surface area contributed by atoms with E-state index in [9.17, 15) is 4.39 Å². The summed E-state index contributed by atoms with van der Waals surface area (Å²) in [6.45, 7) is 3.56. The van der Waals surface area contributed by atoms with Crippen LogP contribution in [0.1, 0.15) is 18.9 Å². The molecule has 1 aliphatic heterocycles. The molecular formula is C12H15ClFNO. The van der Waals surface area contributed by atoms with Gasteiger partial charge in [0.25, 0.3) is 0 Å². The van der Waals surface area contributed by atoms with E-state index in [-0.39, 0.29) is 16.9 Å². The highest BCUT2D eigenvalue weighted by molar-refractivity contribution is 6.30. The van der Waals surface area contributed by atoms with Gasteiger partial charge in [0.05, 0.1) is 11.1 Å².